The summed E-state index contributed by atoms with van der Waals surface area (Å²) in [6.45, 7) is 0.237. The van der Waals surface area contributed by atoms with Crippen molar-refractivity contribution in [2.24, 2.45) is 0 Å². The number of β-amino-alcohol motifs (C(OH)–C–C–N with tert-alkyl or cyclic N) is 1. The number of aliphatic hydroxyl groups excluding tert-OH is 1. The zero-order valence-corrected chi connectivity index (χ0v) is 9.25. The van der Waals surface area contributed by atoms with E-state index in [1.807, 2.05) is 0 Å². The van der Waals surface area contributed by atoms with Gasteiger partial charge < -0.3 is 10.0 Å². The summed E-state index contributed by atoms with van der Waals surface area (Å²) in [4.78, 5) is 13.0. The Morgan fingerprint density at radius 2 is 2.25 bits per heavy atom. The van der Waals surface area contributed by atoms with Gasteiger partial charge in [0, 0.05) is 12.1 Å². The second kappa shape index (κ2) is 4.39. The van der Waals surface area contributed by atoms with Crippen molar-refractivity contribution < 1.29 is 14.3 Å². The van der Waals surface area contributed by atoms with Gasteiger partial charge in [-0.15, -0.1) is 0 Å². The fourth-order valence-corrected chi connectivity index (χ4v) is 1.91. The Balaban J connectivity index is 2.28. The number of halogens is 2. The number of amides is 1. The number of aliphatic hydroxyl groups is 1. The lowest BCUT2D eigenvalue weighted by Gasteiger charge is -2.30. The molecule has 2 rings (SSSR count). The van der Waals surface area contributed by atoms with Gasteiger partial charge in [-0.3, -0.25) is 4.79 Å². The van der Waals surface area contributed by atoms with E-state index in [1.54, 1.807) is 0 Å². The van der Waals surface area contributed by atoms with E-state index >= 15 is 0 Å². The van der Waals surface area contributed by atoms with Crippen LogP contribution in [0.1, 0.15) is 12.8 Å². The summed E-state index contributed by atoms with van der Waals surface area (Å²) in [7, 11) is 0. The normalized spacial score (nSPS) is 21.3. The van der Waals surface area contributed by atoms with Crippen LogP contribution in [0.5, 0.6) is 0 Å². The van der Waals surface area contributed by atoms with E-state index in [1.165, 1.54) is 23.1 Å². The molecule has 86 valence electrons. The van der Waals surface area contributed by atoms with E-state index in [2.05, 4.69) is 0 Å². The maximum Gasteiger partial charge on any atom is 0.227 e. The second-order valence-electron chi connectivity index (χ2n) is 3.80. The number of hydrogen-bond acceptors (Lipinski definition) is 2. The van der Waals surface area contributed by atoms with E-state index in [9.17, 15) is 14.3 Å². The Labute approximate surface area is 97.4 Å². The molecule has 3 nitrogen and oxygen atoms in total. The molecule has 0 saturated carbocycles. The fourth-order valence-electron chi connectivity index (χ4n) is 1.73. The Morgan fingerprint density at radius 1 is 1.50 bits per heavy atom. The average molecular weight is 244 g/mol. The van der Waals surface area contributed by atoms with Crippen LogP contribution in [-0.4, -0.2) is 23.7 Å². The van der Waals surface area contributed by atoms with Crippen LogP contribution in [0.3, 0.4) is 0 Å². The quantitative estimate of drug-likeness (QED) is 0.819. The summed E-state index contributed by atoms with van der Waals surface area (Å²) in [5.74, 6) is -0.594. The summed E-state index contributed by atoms with van der Waals surface area (Å²) in [6.07, 6.45) is 0.252. The van der Waals surface area contributed by atoms with Gasteiger partial charge in [-0.25, -0.2) is 4.39 Å². The third-order valence-corrected chi connectivity index (χ3v) is 2.89. The Morgan fingerprint density at radius 3 is 2.94 bits per heavy atom. The smallest absolute Gasteiger partial charge is 0.227 e. The minimum Gasteiger partial charge on any atom is -0.391 e. The third-order valence-electron chi connectivity index (χ3n) is 2.60. The highest BCUT2D eigenvalue weighted by molar-refractivity contribution is 6.31. The molecule has 1 unspecified atom stereocenters. The average Bonchev–Trinajstić information content (AvgIpc) is 2.26. The van der Waals surface area contributed by atoms with E-state index in [0.29, 0.717) is 18.5 Å². The molecular formula is C11H11ClFNO2. The topological polar surface area (TPSA) is 40.5 Å². The molecule has 1 aromatic rings. The number of anilines is 1. The number of piperidine rings is 1. The predicted molar refractivity (Wildman–Crippen MR) is 59.0 cm³/mol. The molecule has 16 heavy (non-hydrogen) atoms. The van der Waals surface area contributed by atoms with Gasteiger partial charge in [0.15, 0.2) is 0 Å². The zero-order chi connectivity index (χ0) is 11.7. The zero-order valence-electron chi connectivity index (χ0n) is 8.49. The summed E-state index contributed by atoms with van der Waals surface area (Å²) in [5, 5.41) is 9.46. The molecule has 1 amide bonds. The van der Waals surface area contributed by atoms with Gasteiger partial charge in [-0.2, -0.15) is 0 Å². The highest BCUT2D eigenvalue weighted by atomic mass is 35.5. The van der Waals surface area contributed by atoms with Crippen molar-refractivity contribution in [2.45, 2.75) is 18.9 Å². The van der Waals surface area contributed by atoms with Crippen molar-refractivity contribution in [3.63, 3.8) is 0 Å². The summed E-state index contributed by atoms with van der Waals surface area (Å²) in [6, 6.07) is 4.09. The lowest BCUT2D eigenvalue weighted by molar-refractivity contribution is -0.121. The van der Waals surface area contributed by atoms with Crippen LogP contribution in [0.2, 0.25) is 5.02 Å². The molecule has 1 aromatic carbocycles. The van der Waals surface area contributed by atoms with Crippen LogP contribution in [0.25, 0.3) is 0 Å². The molecule has 1 saturated heterocycles. The van der Waals surface area contributed by atoms with Crippen LogP contribution < -0.4 is 4.90 Å². The molecule has 0 aliphatic carbocycles. The van der Waals surface area contributed by atoms with Crippen molar-refractivity contribution in [3.05, 3.63) is 29.0 Å². The first-order chi connectivity index (χ1) is 7.58. The molecule has 0 bridgehead atoms. The molecule has 1 aliphatic rings. The van der Waals surface area contributed by atoms with Gasteiger partial charge in [-0.05, 0) is 24.6 Å². The highest BCUT2D eigenvalue weighted by Crippen LogP contribution is 2.25. The summed E-state index contributed by atoms with van der Waals surface area (Å²) >= 11 is 5.64. The maximum absolute atomic E-state index is 13.0. The first-order valence-electron chi connectivity index (χ1n) is 5.01. The highest BCUT2D eigenvalue weighted by Gasteiger charge is 2.25. The molecule has 5 heteroatoms. The van der Waals surface area contributed by atoms with Crippen LogP contribution in [-0.2, 0) is 4.79 Å². The molecule has 1 aliphatic heterocycles. The number of carbonyl (C=O) groups excluding carboxylic acids is 1. The van der Waals surface area contributed by atoms with Crippen LogP contribution in [0, 0.1) is 5.82 Å². The second-order valence-corrected chi connectivity index (χ2v) is 4.20. The molecular weight excluding hydrogens is 233 g/mol. The number of rotatable bonds is 1. The molecule has 0 radical (unpaired) electrons. The Kier molecular flexibility index (Phi) is 3.12. The number of hydrogen-bond donors (Lipinski definition) is 1. The molecule has 1 N–H and O–H groups in total. The number of nitrogens with zero attached hydrogens (tertiary/aromatic N) is 1. The van der Waals surface area contributed by atoms with E-state index in [-0.39, 0.29) is 17.5 Å². The van der Waals surface area contributed by atoms with Gasteiger partial charge in [0.05, 0.1) is 17.7 Å². The van der Waals surface area contributed by atoms with E-state index < -0.39 is 11.9 Å². The molecule has 1 atom stereocenters. The third kappa shape index (κ3) is 2.18. The van der Waals surface area contributed by atoms with Crippen molar-refractivity contribution in [1.29, 1.82) is 0 Å². The van der Waals surface area contributed by atoms with Gasteiger partial charge in [0.2, 0.25) is 5.91 Å². The monoisotopic (exact) mass is 243 g/mol. The van der Waals surface area contributed by atoms with Crippen LogP contribution in [0.4, 0.5) is 10.1 Å². The van der Waals surface area contributed by atoms with E-state index in [4.69, 9.17) is 11.6 Å². The molecule has 1 fully saturated rings. The lowest BCUT2D eigenvalue weighted by Crippen LogP contribution is -2.42. The lowest BCUT2D eigenvalue weighted by atomic mass is 10.1. The van der Waals surface area contributed by atoms with Gasteiger partial charge in [-0.1, -0.05) is 11.6 Å². The van der Waals surface area contributed by atoms with Crippen molar-refractivity contribution >= 4 is 23.2 Å². The minimum atomic E-state index is -0.526. The van der Waals surface area contributed by atoms with Crippen molar-refractivity contribution in [1.82, 2.24) is 0 Å². The van der Waals surface area contributed by atoms with Crippen LogP contribution >= 0.6 is 11.6 Å². The minimum absolute atomic E-state index is 0.0228. The fraction of sp³-hybridized carbons (Fsp3) is 0.364. The SMILES string of the molecule is O=C1CCC(O)CN1c1ccc(F)c(Cl)c1. The number of carbonyl (C=O) groups is 1. The van der Waals surface area contributed by atoms with E-state index in [0.717, 1.165) is 0 Å². The molecule has 0 spiro atoms. The van der Waals surface area contributed by atoms with Gasteiger partial charge >= 0.3 is 0 Å². The predicted octanol–water partition coefficient (Wildman–Crippen LogP) is 1.97. The number of benzene rings is 1. The van der Waals surface area contributed by atoms with Crippen molar-refractivity contribution in [2.75, 3.05) is 11.4 Å². The van der Waals surface area contributed by atoms with Crippen molar-refractivity contribution in [3.8, 4) is 0 Å². The van der Waals surface area contributed by atoms with Gasteiger partial charge in [0.25, 0.3) is 0 Å². The molecule has 0 aromatic heterocycles. The Bertz CT molecular complexity index is 424. The van der Waals surface area contributed by atoms with Gasteiger partial charge in [0.1, 0.15) is 5.82 Å². The summed E-state index contributed by atoms with van der Waals surface area (Å²) < 4.78 is 13.0. The standard InChI is InChI=1S/C11H11ClFNO2/c12-9-5-7(1-3-10(9)13)14-6-8(15)2-4-11(14)16/h1,3,5,8,15H,2,4,6H2. The largest absolute Gasteiger partial charge is 0.391 e. The maximum atomic E-state index is 13.0. The first kappa shape index (κ1) is 11.4. The summed E-state index contributed by atoms with van der Waals surface area (Å²) in [5.41, 5.74) is 0.523. The first-order valence-corrected chi connectivity index (χ1v) is 5.39. The van der Waals surface area contributed by atoms with Crippen LogP contribution in [0.15, 0.2) is 18.2 Å². The molecule has 1 heterocycles. The Hall–Kier alpha value is -1.13.